The maximum Gasteiger partial charge on any atom is 0.266 e. The zero-order valence-corrected chi connectivity index (χ0v) is 11.8. The van der Waals surface area contributed by atoms with E-state index in [-0.39, 0.29) is 10.7 Å². The Morgan fingerprint density at radius 2 is 2.10 bits per heavy atom. The summed E-state index contributed by atoms with van der Waals surface area (Å²) in [7, 11) is 3.18. The molecule has 6 nitrogen and oxygen atoms in total. The van der Waals surface area contributed by atoms with Crippen LogP contribution >= 0.6 is 11.6 Å². The van der Waals surface area contributed by atoms with Crippen LogP contribution in [0.25, 0.3) is 0 Å². The van der Waals surface area contributed by atoms with E-state index in [1.165, 1.54) is 6.07 Å². The highest BCUT2D eigenvalue weighted by molar-refractivity contribution is 6.31. The molecule has 1 heterocycles. The number of rotatable bonds is 5. The highest BCUT2D eigenvalue weighted by atomic mass is 35.5. The summed E-state index contributed by atoms with van der Waals surface area (Å²) in [5.41, 5.74) is 1.05. The molecular weight excluding hydrogens is 282 g/mol. The summed E-state index contributed by atoms with van der Waals surface area (Å²) in [5, 5.41) is 9.18. The fraction of sp³-hybridized carbons (Fsp3) is 0.231. The lowest BCUT2D eigenvalue weighted by Crippen LogP contribution is -2.10. The van der Waals surface area contributed by atoms with Crippen LogP contribution in [0, 0.1) is 0 Å². The summed E-state index contributed by atoms with van der Waals surface area (Å²) < 4.78 is 10.4. The highest BCUT2D eigenvalue weighted by Gasteiger charge is 2.07. The van der Waals surface area contributed by atoms with Gasteiger partial charge in [0.15, 0.2) is 5.15 Å². The molecule has 0 aliphatic carbocycles. The molecule has 2 rings (SSSR count). The van der Waals surface area contributed by atoms with E-state index in [1.807, 2.05) is 12.1 Å². The molecule has 7 heteroatoms. The second-order valence-electron chi connectivity index (χ2n) is 3.97. The van der Waals surface area contributed by atoms with Gasteiger partial charge in [0, 0.05) is 24.2 Å². The molecule has 0 bridgehead atoms. The van der Waals surface area contributed by atoms with Crippen LogP contribution in [0.3, 0.4) is 0 Å². The summed E-state index contributed by atoms with van der Waals surface area (Å²) in [4.78, 5) is 11.2. The summed E-state index contributed by atoms with van der Waals surface area (Å²) in [6.07, 6.45) is 0. The van der Waals surface area contributed by atoms with E-state index in [1.54, 1.807) is 20.3 Å². The molecule has 20 heavy (non-hydrogen) atoms. The molecule has 0 unspecified atom stereocenters. The first kappa shape index (κ1) is 14.2. The third-order valence-corrected chi connectivity index (χ3v) is 3.01. The minimum atomic E-state index is -0.321. The Labute approximate surface area is 120 Å². The minimum Gasteiger partial charge on any atom is -0.497 e. The first-order valence-electron chi connectivity index (χ1n) is 5.84. The molecule has 0 amide bonds. The number of methoxy groups -OCH3 is 2. The van der Waals surface area contributed by atoms with Crippen LogP contribution in [-0.4, -0.2) is 24.4 Å². The monoisotopic (exact) mass is 295 g/mol. The average Bonchev–Trinajstić information content (AvgIpc) is 2.48. The van der Waals surface area contributed by atoms with Crippen LogP contribution in [-0.2, 0) is 6.54 Å². The van der Waals surface area contributed by atoms with Gasteiger partial charge in [0.05, 0.1) is 19.9 Å². The molecule has 106 valence electrons. The number of halogens is 1. The van der Waals surface area contributed by atoms with E-state index < -0.39 is 0 Å². The molecule has 0 atom stereocenters. The summed E-state index contributed by atoms with van der Waals surface area (Å²) >= 11 is 5.89. The second kappa shape index (κ2) is 6.29. The molecular formula is C13H14ClN3O3. The number of hydrogen-bond donors (Lipinski definition) is 2. The molecule has 0 aliphatic heterocycles. The van der Waals surface area contributed by atoms with Gasteiger partial charge < -0.3 is 14.8 Å². The topological polar surface area (TPSA) is 76.2 Å². The predicted octanol–water partition coefficient (Wildman–Crippen LogP) is 2.05. The lowest BCUT2D eigenvalue weighted by atomic mass is 10.2. The summed E-state index contributed by atoms with van der Waals surface area (Å²) in [6, 6.07) is 6.84. The van der Waals surface area contributed by atoms with E-state index in [2.05, 4.69) is 15.5 Å². The molecule has 0 radical (unpaired) electrons. The molecule has 0 fully saturated rings. The average molecular weight is 296 g/mol. The molecule has 2 N–H and O–H groups in total. The molecule has 1 aromatic carbocycles. The van der Waals surface area contributed by atoms with Crippen molar-refractivity contribution in [1.29, 1.82) is 0 Å². The fourth-order valence-corrected chi connectivity index (χ4v) is 1.86. The van der Waals surface area contributed by atoms with Crippen molar-refractivity contribution in [3.05, 3.63) is 45.3 Å². The first-order valence-corrected chi connectivity index (χ1v) is 6.22. The molecule has 0 aliphatic rings. The van der Waals surface area contributed by atoms with Crippen LogP contribution in [0.15, 0.2) is 29.1 Å². The van der Waals surface area contributed by atoms with E-state index in [0.717, 1.165) is 5.56 Å². The third kappa shape index (κ3) is 3.21. The zero-order chi connectivity index (χ0) is 14.5. The standard InChI is InChI=1S/C13H14ClN3O3/c1-19-9-4-3-8(11(5-9)20-2)7-15-10-6-12(18)16-17-13(10)14/h3-6H,7H2,1-2H3,(H2,15,16,18). The van der Waals surface area contributed by atoms with Gasteiger partial charge >= 0.3 is 0 Å². The zero-order valence-electron chi connectivity index (χ0n) is 11.1. The van der Waals surface area contributed by atoms with Gasteiger partial charge in [-0.15, -0.1) is 0 Å². The highest BCUT2D eigenvalue weighted by Crippen LogP contribution is 2.26. The van der Waals surface area contributed by atoms with Crippen molar-refractivity contribution in [3.63, 3.8) is 0 Å². The number of aromatic amines is 1. The van der Waals surface area contributed by atoms with Gasteiger partial charge in [0.2, 0.25) is 0 Å². The Bertz CT molecular complexity index is 658. The van der Waals surface area contributed by atoms with Crippen LogP contribution in [0.4, 0.5) is 5.69 Å². The number of H-pyrrole nitrogens is 1. The van der Waals surface area contributed by atoms with Gasteiger partial charge in [-0.05, 0) is 12.1 Å². The Morgan fingerprint density at radius 3 is 2.80 bits per heavy atom. The van der Waals surface area contributed by atoms with Crippen molar-refractivity contribution >= 4 is 17.3 Å². The Morgan fingerprint density at radius 1 is 1.30 bits per heavy atom. The van der Waals surface area contributed by atoms with Gasteiger partial charge in [-0.25, -0.2) is 5.10 Å². The van der Waals surface area contributed by atoms with E-state index in [4.69, 9.17) is 21.1 Å². The second-order valence-corrected chi connectivity index (χ2v) is 4.33. The number of nitrogens with zero attached hydrogens (tertiary/aromatic N) is 1. The molecule has 0 spiro atoms. The normalized spacial score (nSPS) is 10.2. The third-order valence-electron chi connectivity index (χ3n) is 2.73. The van der Waals surface area contributed by atoms with E-state index in [0.29, 0.717) is 23.7 Å². The van der Waals surface area contributed by atoms with Crippen molar-refractivity contribution < 1.29 is 9.47 Å². The fourth-order valence-electron chi connectivity index (χ4n) is 1.70. The molecule has 2 aromatic rings. The van der Waals surface area contributed by atoms with Crippen molar-refractivity contribution in [1.82, 2.24) is 10.2 Å². The number of benzene rings is 1. The molecule has 0 saturated carbocycles. The van der Waals surface area contributed by atoms with Gasteiger partial charge in [0.25, 0.3) is 5.56 Å². The molecule has 1 aromatic heterocycles. The van der Waals surface area contributed by atoms with Crippen LogP contribution < -0.4 is 20.3 Å². The first-order chi connectivity index (χ1) is 9.63. The largest absolute Gasteiger partial charge is 0.497 e. The number of nitrogens with one attached hydrogen (secondary N) is 2. The van der Waals surface area contributed by atoms with Crippen molar-refractivity contribution in [2.45, 2.75) is 6.54 Å². The Hall–Kier alpha value is -2.21. The maximum absolute atomic E-state index is 11.2. The van der Waals surface area contributed by atoms with Gasteiger partial charge in [-0.2, -0.15) is 5.10 Å². The van der Waals surface area contributed by atoms with Crippen LogP contribution in [0.2, 0.25) is 5.15 Å². The number of anilines is 1. The quantitative estimate of drug-likeness (QED) is 0.883. The Balaban J connectivity index is 2.18. The molecule has 0 saturated heterocycles. The van der Waals surface area contributed by atoms with Gasteiger partial charge in [0.1, 0.15) is 11.5 Å². The Kier molecular flexibility index (Phi) is 4.47. The maximum atomic E-state index is 11.2. The number of aromatic nitrogens is 2. The van der Waals surface area contributed by atoms with Gasteiger partial charge in [-0.3, -0.25) is 4.79 Å². The van der Waals surface area contributed by atoms with E-state index >= 15 is 0 Å². The van der Waals surface area contributed by atoms with Crippen LogP contribution in [0.1, 0.15) is 5.56 Å². The predicted molar refractivity (Wildman–Crippen MR) is 76.7 cm³/mol. The smallest absolute Gasteiger partial charge is 0.266 e. The van der Waals surface area contributed by atoms with Crippen molar-refractivity contribution in [2.24, 2.45) is 0 Å². The number of ether oxygens (including phenoxy) is 2. The van der Waals surface area contributed by atoms with Crippen molar-refractivity contribution in [3.8, 4) is 11.5 Å². The van der Waals surface area contributed by atoms with Gasteiger partial charge in [-0.1, -0.05) is 11.6 Å². The van der Waals surface area contributed by atoms with E-state index in [9.17, 15) is 4.79 Å². The minimum absolute atomic E-state index is 0.206. The van der Waals surface area contributed by atoms with Crippen LogP contribution in [0.5, 0.6) is 11.5 Å². The van der Waals surface area contributed by atoms with Crippen molar-refractivity contribution in [2.75, 3.05) is 19.5 Å². The lowest BCUT2D eigenvalue weighted by molar-refractivity contribution is 0.391. The SMILES string of the molecule is COc1ccc(CNc2cc(=O)[nH]nc2Cl)c(OC)c1. The summed E-state index contributed by atoms with van der Waals surface area (Å²) in [5.74, 6) is 1.40. The summed E-state index contributed by atoms with van der Waals surface area (Å²) in [6.45, 7) is 0.442. The lowest BCUT2D eigenvalue weighted by Gasteiger charge is -2.12. The number of hydrogen-bond acceptors (Lipinski definition) is 5.